The van der Waals surface area contributed by atoms with Crippen LogP contribution in [0.15, 0.2) is 39.2 Å². The first kappa shape index (κ1) is 12.6. The van der Waals surface area contributed by atoms with Gasteiger partial charge in [0.25, 0.3) is 5.91 Å². The fraction of sp³-hybridized carbons (Fsp3) is 0.231. The molecule has 3 fully saturated rings. The number of hydrogen-bond donors (Lipinski definition) is 0. The number of fused-ring (bicyclic) bond motifs is 1. The van der Waals surface area contributed by atoms with E-state index in [1.165, 1.54) is 5.06 Å². The summed E-state index contributed by atoms with van der Waals surface area (Å²) in [6, 6.07) is 7.79. The molecule has 8 heteroatoms. The summed E-state index contributed by atoms with van der Waals surface area (Å²) < 4.78 is 34.4. The first-order chi connectivity index (χ1) is 10.1. The average Bonchev–Trinajstić information content (AvgIpc) is 3.03. The van der Waals surface area contributed by atoms with Crippen LogP contribution in [0, 0.1) is 0 Å². The van der Waals surface area contributed by atoms with Crippen LogP contribution in [0.5, 0.6) is 0 Å². The molecule has 0 unspecified atom stereocenters. The van der Waals surface area contributed by atoms with E-state index in [0.717, 1.165) is 26.8 Å². The molecule has 0 atom stereocenters. The number of halogens is 1. The molecule has 6 nitrogen and oxygen atoms in total. The number of benzene rings is 1. The van der Waals surface area contributed by atoms with Gasteiger partial charge in [-0.3, -0.25) is 0 Å². The van der Waals surface area contributed by atoms with Gasteiger partial charge in [0, 0.05) is 22.8 Å². The van der Waals surface area contributed by atoms with Crippen molar-refractivity contribution in [3.8, 4) is 0 Å². The van der Waals surface area contributed by atoms with Crippen LogP contribution in [0.2, 0.25) is 0 Å². The van der Waals surface area contributed by atoms with E-state index in [9.17, 15) is 4.57 Å². The van der Waals surface area contributed by atoms with Crippen molar-refractivity contribution in [2.45, 2.75) is 12.3 Å². The lowest BCUT2D eigenvalue weighted by atomic mass is 10.0. The van der Waals surface area contributed by atoms with Crippen molar-refractivity contribution in [2.75, 3.05) is 6.54 Å². The highest BCUT2D eigenvalue weighted by atomic mass is 79.9. The van der Waals surface area contributed by atoms with Gasteiger partial charge in [0.1, 0.15) is 11.3 Å². The molecule has 3 saturated heterocycles. The molecule has 4 aliphatic rings. The summed E-state index contributed by atoms with van der Waals surface area (Å²) in [6.07, 6.45) is 2.38. The quantitative estimate of drug-likeness (QED) is 0.707. The zero-order valence-corrected chi connectivity index (χ0v) is 13.1. The molecule has 0 N–H and O–H groups in total. The third kappa shape index (κ3) is 1.64. The molecule has 0 radical (unpaired) electrons. The Morgan fingerprint density at radius 1 is 1.33 bits per heavy atom. The summed E-state index contributed by atoms with van der Waals surface area (Å²) in [6.45, 7) is 0.442. The highest BCUT2D eigenvalue weighted by Gasteiger charge is 2.71. The molecular formula is C13H9BrNO5P. The van der Waals surface area contributed by atoms with Crippen LogP contribution >= 0.6 is 23.8 Å². The molecule has 6 rings (SSSR count). The predicted molar refractivity (Wildman–Crippen MR) is 76.8 cm³/mol. The third-order valence-corrected chi connectivity index (χ3v) is 5.94. The highest BCUT2D eigenvalue weighted by molar-refractivity contribution is 9.10. The lowest BCUT2D eigenvalue weighted by Crippen LogP contribution is -2.49. The Hall–Kier alpha value is -0.950. The highest BCUT2D eigenvalue weighted by Crippen LogP contribution is 2.75. The second-order valence-corrected chi connectivity index (χ2v) is 7.43. The van der Waals surface area contributed by atoms with Gasteiger partial charge in [-0.25, -0.2) is 13.6 Å². The van der Waals surface area contributed by atoms with Gasteiger partial charge in [0.15, 0.2) is 0 Å². The Labute approximate surface area is 127 Å². The van der Waals surface area contributed by atoms with Crippen LogP contribution in [0.25, 0.3) is 16.5 Å². The summed E-state index contributed by atoms with van der Waals surface area (Å²) in [5.41, 5.74) is 1.76. The zero-order valence-electron chi connectivity index (χ0n) is 10.6. The molecule has 1 aromatic heterocycles. The van der Waals surface area contributed by atoms with Crippen molar-refractivity contribution < 1.29 is 22.7 Å². The Kier molecular flexibility index (Phi) is 2.32. The van der Waals surface area contributed by atoms with E-state index in [0.29, 0.717) is 13.0 Å². The second-order valence-electron chi connectivity index (χ2n) is 5.15. The number of hydrogen-bond acceptors (Lipinski definition) is 6. The summed E-state index contributed by atoms with van der Waals surface area (Å²) >= 11 is 3.51. The number of rotatable bonds is 1. The normalized spacial score (nSPS) is 34.6. The molecule has 21 heavy (non-hydrogen) atoms. The first-order valence-electron chi connectivity index (χ1n) is 6.43. The largest absolute Gasteiger partial charge is 0.499 e. The van der Waals surface area contributed by atoms with Crippen LogP contribution in [-0.4, -0.2) is 17.5 Å². The molecule has 0 amide bonds. The van der Waals surface area contributed by atoms with E-state index in [4.69, 9.17) is 18.1 Å². The van der Waals surface area contributed by atoms with Crippen LogP contribution in [0.1, 0.15) is 12.2 Å². The fourth-order valence-electron chi connectivity index (χ4n) is 2.87. The molecule has 1 spiro atoms. The smallest absolute Gasteiger partial charge is 0.456 e. The van der Waals surface area contributed by atoms with Crippen LogP contribution in [0.4, 0.5) is 0 Å². The lowest BCUT2D eigenvalue weighted by Gasteiger charge is -2.37. The van der Waals surface area contributed by atoms with Gasteiger partial charge >= 0.3 is 7.82 Å². The average molecular weight is 370 g/mol. The Balaban J connectivity index is 1.56. The SMILES string of the molecule is O=P12ON3CC=C(c4cc5c(Br)cccc5o4)CC3(O1)O2. The Bertz CT molecular complexity index is 849. The predicted octanol–water partition coefficient (Wildman–Crippen LogP) is 4.04. The summed E-state index contributed by atoms with van der Waals surface area (Å²) in [7, 11) is -3.31. The van der Waals surface area contributed by atoms with Gasteiger partial charge in [0.2, 0.25) is 0 Å². The lowest BCUT2D eigenvalue weighted by molar-refractivity contribution is -0.273. The number of furan rings is 1. The minimum atomic E-state index is -3.31. The van der Waals surface area contributed by atoms with Crippen LogP contribution in [0.3, 0.4) is 0 Å². The van der Waals surface area contributed by atoms with E-state index in [-0.39, 0.29) is 0 Å². The molecule has 4 aliphatic heterocycles. The third-order valence-electron chi connectivity index (χ3n) is 3.83. The minimum absolute atomic E-state index is 0.411. The fourth-order valence-corrected chi connectivity index (χ4v) is 4.85. The second kappa shape index (κ2) is 3.87. The van der Waals surface area contributed by atoms with Gasteiger partial charge in [-0.1, -0.05) is 28.1 Å². The van der Waals surface area contributed by atoms with Crippen LogP contribution in [-0.2, 0) is 18.2 Å². The van der Waals surface area contributed by atoms with Crippen molar-refractivity contribution >= 4 is 40.3 Å². The van der Waals surface area contributed by atoms with Gasteiger partial charge in [-0.2, -0.15) is 4.62 Å². The van der Waals surface area contributed by atoms with Gasteiger partial charge in [0.05, 0.1) is 0 Å². The van der Waals surface area contributed by atoms with Crippen LogP contribution < -0.4 is 0 Å². The first-order valence-corrected chi connectivity index (χ1v) is 8.69. The molecule has 5 heterocycles. The minimum Gasteiger partial charge on any atom is -0.456 e. The van der Waals surface area contributed by atoms with Crippen molar-refractivity contribution in [2.24, 2.45) is 0 Å². The van der Waals surface area contributed by atoms with E-state index in [1.807, 2.05) is 30.3 Å². The molecule has 108 valence electrons. The maximum absolute atomic E-state index is 11.7. The summed E-state index contributed by atoms with van der Waals surface area (Å²) in [5.74, 6) is -0.290. The summed E-state index contributed by atoms with van der Waals surface area (Å²) in [5, 5.41) is 2.49. The van der Waals surface area contributed by atoms with Gasteiger partial charge in [-0.05, 0) is 23.8 Å². The Morgan fingerprint density at radius 3 is 3.00 bits per heavy atom. The standard InChI is InChI=1S/C13H9BrNO5P/c14-10-2-1-3-11-9(10)6-12(17-11)8-4-5-15-13(7-8)18-21(16,19-13)20-15/h1-4,6H,5,7H2. The van der Waals surface area contributed by atoms with Gasteiger partial charge in [-0.15, -0.1) is 5.06 Å². The molecule has 0 aliphatic carbocycles. The van der Waals surface area contributed by atoms with E-state index in [2.05, 4.69) is 15.9 Å². The van der Waals surface area contributed by atoms with E-state index >= 15 is 0 Å². The number of phosphoric acid groups is 1. The van der Waals surface area contributed by atoms with Gasteiger partial charge < -0.3 is 4.42 Å². The monoisotopic (exact) mass is 369 g/mol. The van der Waals surface area contributed by atoms with E-state index < -0.39 is 13.7 Å². The van der Waals surface area contributed by atoms with Crippen molar-refractivity contribution in [1.29, 1.82) is 0 Å². The topological polar surface area (TPSA) is 61.1 Å². The van der Waals surface area contributed by atoms with Crippen molar-refractivity contribution in [3.05, 3.63) is 40.6 Å². The molecule has 2 aromatic rings. The number of hydroxylamine groups is 2. The number of nitrogens with zero attached hydrogens (tertiary/aromatic N) is 1. The maximum Gasteiger partial charge on any atom is 0.499 e. The zero-order chi connectivity index (χ0) is 14.2. The Morgan fingerprint density at radius 2 is 2.19 bits per heavy atom. The molecular weight excluding hydrogens is 361 g/mol. The van der Waals surface area contributed by atoms with Crippen molar-refractivity contribution in [3.63, 3.8) is 0 Å². The van der Waals surface area contributed by atoms with Crippen molar-refractivity contribution in [1.82, 2.24) is 5.06 Å². The molecule has 1 aromatic carbocycles. The van der Waals surface area contributed by atoms with E-state index in [1.54, 1.807) is 0 Å². The molecule has 0 saturated carbocycles. The number of phosphoric ester groups is 1. The summed E-state index contributed by atoms with van der Waals surface area (Å²) in [4.78, 5) is 0. The molecule has 2 bridgehead atoms. The maximum atomic E-state index is 11.7.